The Labute approximate surface area is 143 Å². The zero-order valence-electron chi connectivity index (χ0n) is 14.0. The van der Waals surface area contributed by atoms with Crippen molar-refractivity contribution in [1.82, 2.24) is 20.6 Å². The lowest BCUT2D eigenvalue weighted by molar-refractivity contribution is -0.121. The fourth-order valence-corrected chi connectivity index (χ4v) is 1.84. The number of nitrogens with zero attached hydrogens (tertiary/aromatic N) is 3. The molecule has 0 fully saturated rings. The molecular formula is C15H19N7O3. The number of aromatic amines is 2. The number of rotatable bonds is 6. The van der Waals surface area contributed by atoms with Crippen molar-refractivity contribution in [2.24, 2.45) is 5.10 Å². The molecule has 0 aliphatic rings. The number of nitrogens with one attached hydrogen (secondary N) is 4. The van der Waals surface area contributed by atoms with Crippen LogP contribution in [0, 0.1) is 0 Å². The number of benzene rings is 1. The number of amides is 1. The number of aromatic nitrogens is 3. The first kappa shape index (κ1) is 17.9. The standard InChI is InChI=1S/C15H19N7O3/c1-9(17-12-14(24)18-15(25)21-19-12)13(23)20-16-8-10-4-6-11(7-5-10)22(2)3/h4-9H,1-3H3,(H,17,19)(H,20,23)(H2,18,21,24,25)/t9-/m0/s1. The molecule has 0 bridgehead atoms. The van der Waals surface area contributed by atoms with E-state index >= 15 is 0 Å². The van der Waals surface area contributed by atoms with Crippen LogP contribution in [0.1, 0.15) is 12.5 Å². The molecular weight excluding hydrogens is 326 g/mol. The highest BCUT2D eigenvalue weighted by Crippen LogP contribution is 2.10. The zero-order chi connectivity index (χ0) is 18.4. The molecule has 0 saturated heterocycles. The summed E-state index contributed by atoms with van der Waals surface area (Å²) in [5.41, 5.74) is 2.80. The van der Waals surface area contributed by atoms with Crippen LogP contribution in [-0.4, -0.2) is 47.4 Å². The number of carbonyl (C=O) groups excluding carboxylic acids is 1. The van der Waals surface area contributed by atoms with E-state index in [1.807, 2.05) is 48.2 Å². The Kier molecular flexibility index (Phi) is 5.66. The summed E-state index contributed by atoms with van der Waals surface area (Å²) in [7, 11) is 3.89. The SMILES string of the molecule is C[C@H](Nc1n[nH]c(=O)[nH]c1=O)C(=O)NN=Cc1ccc(N(C)C)cc1. The fraction of sp³-hybridized carbons (Fsp3) is 0.267. The Balaban J connectivity index is 1.92. The van der Waals surface area contributed by atoms with Crippen LogP contribution in [0.3, 0.4) is 0 Å². The van der Waals surface area contributed by atoms with Gasteiger partial charge in [0.1, 0.15) is 6.04 Å². The molecule has 0 unspecified atom stereocenters. The van der Waals surface area contributed by atoms with Crippen molar-refractivity contribution in [3.05, 3.63) is 50.7 Å². The fourth-order valence-electron chi connectivity index (χ4n) is 1.84. The van der Waals surface area contributed by atoms with Gasteiger partial charge in [0, 0.05) is 19.8 Å². The van der Waals surface area contributed by atoms with E-state index in [0.29, 0.717) is 0 Å². The van der Waals surface area contributed by atoms with E-state index in [4.69, 9.17) is 0 Å². The third-order valence-electron chi connectivity index (χ3n) is 3.26. The topological polar surface area (TPSA) is 135 Å². The molecule has 0 radical (unpaired) electrons. The molecule has 1 heterocycles. The van der Waals surface area contributed by atoms with Gasteiger partial charge in [-0.2, -0.15) is 5.10 Å². The van der Waals surface area contributed by atoms with Crippen LogP contribution in [0.4, 0.5) is 11.5 Å². The Bertz CT molecular complexity index is 868. The largest absolute Gasteiger partial charge is 0.378 e. The van der Waals surface area contributed by atoms with E-state index in [1.165, 1.54) is 13.1 Å². The maximum atomic E-state index is 12.0. The van der Waals surface area contributed by atoms with Crippen LogP contribution in [-0.2, 0) is 4.79 Å². The summed E-state index contributed by atoms with van der Waals surface area (Å²) in [6.45, 7) is 1.53. The summed E-state index contributed by atoms with van der Waals surface area (Å²) in [5.74, 6) is -0.626. The third kappa shape index (κ3) is 5.03. The van der Waals surface area contributed by atoms with E-state index in [0.717, 1.165) is 11.3 Å². The van der Waals surface area contributed by atoms with Crippen LogP contribution in [0.15, 0.2) is 39.0 Å². The predicted molar refractivity (Wildman–Crippen MR) is 95.1 cm³/mol. The molecule has 0 aliphatic heterocycles. The van der Waals surface area contributed by atoms with Crippen molar-refractivity contribution in [3.8, 4) is 0 Å². The molecule has 132 valence electrons. The number of hydrogen-bond acceptors (Lipinski definition) is 7. The monoisotopic (exact) mass is 345 g/mol. The molecule has 0 saturated carbocycles. The van der Waals surface area contributed by atoms with Gasteiger partial charge in [-0.05, 0) is 24.6 Å². The molecule has 10 heteroatoms. The molecule has 0 aliphatic carbocycles. The summed E-state index contributed by atoms with van der Waals surface area (Å²) in [6.07, 6.45) is 1.51. The molecule has 25 heavy (non-hydrogen) atoms. The molecule has 1 atom stereocenters. The number of hydrogen-bond donors (Lipinski definition) is 4. The minimum Gasteiger partial charge on any atom is -0.378 e. The van der Waals surface area contributed by atoms with Gasteiger partial charge in [0.2, 0.25) is 5.82 Å². The summed E-state index contributed by atoms with van der Waals surface area (Å²) in [5, 5.41) is 12.1. The summed E-state index contributed by atoms with van der Waals surface area (Å²) in [4.78, 5) is 38.3. The van der Waals surface area contributed by atoms with Gasteiger partial charge in [-0.1, -0.05) is 12.1 Å². The lowest BCUT2D eigenvalue weighted by Crippen LogP contribution is -2.38. The lowest BCUT2D eigenvalue weighted by Gasteiger charge is -2.12. The zero-order valence-corrected chi connectivity index (χ0v) is 14.0. The third-order valence-corrected chi connectivity index (χ3v) is 3.26. The molecule has 4 N–H and O–H groups in total. The first-order chi connectivity index (χ1) is 11.9. The van der Waals surface area contributed by atoms with E-state index in [2.05, 4.69) is 26.0 Å². The quantitative estimate of drug-likeness (QED) is 0.411. The molecule has 2 rings (SSSR count). The number of H-pyrrole nitrogens is 2. The minimum absolute atomic E-state index is 0.162. The van der Waals surface area contributed by atoms with Gasteiger partial charge in [-0.15, -0.1) is 5.10 Å². The molecule has 1 aromatic heterocycles. The Morgan fingerprint density at radius 1 is 1.28 bits per heavy atom. The van der Waals surface area contributed by atoms with Gasteiger partial charge < -0.3 is 10.2 Å². The Morgan fingerprint density at radius 2 is 1.96 bits per heavy atom. The van der Waals surface area contributed by atoms with E-state index < -0.39 is 23.2 Å². The predicted octanol–water partition coefficient (Wildman–Crippen LogP) is -0.525. The van der Waals surface area contributed by atoms with Gasteiger partial charge in [-0.25, -0.2) is 15.3 Å². The van der Waals surface area contributed by atoms with Crippen molar-refractivity contribution in [2.45, 2.75) is 13.0 Å². The van der Waals surface area contributed by atoms with Gasteiger partial charge in [0.05, 0.1) is 6.21 Å². The first-order valence-electron chi connectivity index (χ1n) is 7.42. The van der Waals surface area contributed by atoms with Gasteiger partial charge in [0.25, 0.3) is 11.5 Å². The average molecular weight is 345 g/mol. The van der Waals surface area contributed by atoms with Crippen molar-refractivity contribution in [3.63, 3.8) is 0 Å². The lowest BCUT2D eigenvalue weighted by atomic mass is 10.2. The summed E-state index contributed by atoms with van der Waals surface area (Å²) in [6, 6.07) is 6.82. The molecule has 1 amide bonds. The second kappa shape index (κ2) is 7.90. The Morgan fingerprint density at radius 3 is 2.56 bits per heavy atom. The highest BCUT2D eigenvalue weighted by molar-refractivity contribution is 5.86. The highest BCUT2D eigenvalue weighted by atomic mass is 16.2. The van der Waals surface area contributed by atoms with Gasteiger partial charge >= 0.3 is 5.69 Å². The van der Waals surface area contributed by atoms with Crippen molar-refractivity contribution in [1.29, 1.82) is 0 Å². The number of carbonyl (C=O) groups is 1. The van der Waals surface area contributed by atoms with Gasteiger partial charge in [-0.3, -0.25) is 14.6 Å². The van der Waals surface area contributed by atoms with E-state index in [9.17, 15) is 14.4 Å². The number of anilines is 2. The smallest absolute Gasteiger partial charge is 0.342 e. The van der Waals surface area contributed by atoms with Gasteiger partial charge in [0.15, 0.2) is 0 Å². The maximum absolute atomic E-state index is 12.0. The molecule has 10 nitrogen and oxygen atoms in total. The maximum Gasteiger partial charge on any atom is 0.342 e. The second-order valence-electron chi connectivity index (χ2n) is 5.44. The molecule has 2 aromatic rings. The molecule has 0 spiro atoms. The second-order valence-corrected chi connectivity index (χ2v) is 5.44. The van der Waals surface area contributed by atoms with Crippen molar-refractivity contribution < 1.29 is 4.79 Å². The normalized spacial score (nSPS) is 12.0. The van der Waals surface area contributed by atoms with E-state index in [-0.39, 0.29) is 5.82 Å². The minimum atomic E-state index is -0.784. The van der Waals surface area contributed by atoms with E-state index in [1.54, 1.807) is 0 Å². The van der Waals surface area contributed by atoms with Crippen molar-refractivity contribution in [2.75, 3.05) is 24.3 Å². The van der Waals surface area contributed by atoms with Crippen LogP contribution in [0.25, 0.3) is 0 Å². The van der Waals surface area contributed by atoms with Crippen LogP contribution in [0.2, 0.25) is 0 Å². The van der Waals surface area contributed by atoms with Crippen LogP contribution >= 0.6 is 0 Å². The first-order valence-corrected chi connectivity index (χ1v) is 7.42. The molecule has 1 aromatic carbocycles. The van der Waals surface area contributed by atoms with Crippen LogP contribution in [0.5, 0.6) is 0 Å². The average Bonchev–Trinajstić information content (AvgIpc) is 2.57. The summed E-state index contributed by atoms with van der Waals surface area (Å²) >= 11 is 0. The summed E-state index contributed by atoms with van der Waals surface area (Å²) < 4.78 is 0. The number of hydrazone groups is 1. The van der Waals surface area contributed by atoms with Crippen molar-refractivity contribution >= 4 is 23.6 Å². The highest BCUT2D eigenvalue weighted by Gasteiger charge is 2.14. The Hall–Kier alpha value is -3.43. The van der Waals surface area contributed by atoms with Crippen LogP contribution < -0.4 is 26.9 Å².